The van der Waals surface area contributed by atoms with Gasteiger partial charge in [0.1, 0.15) is 18.0 Å². The summed E-state index contributed by atoms with van der Waals surface area (Å²) in [6, 6.07) is 0. The van der Waals surface area contributed by atoms with Crippen molar-refractivity contribution < 1.29 is 4.79 Å². The van der Waals surface area contributed by atoms with E-state index >= 15 is 0 Å². The van der Waals surface area contributed by atoms with Crippen LogP contribution in [-0.2, 0) is 11.2 Å². The first kappa shape index (κ1) is 15.2. The van der Waals surface area contributed by atoms with E-state index in [4.69, 9.17) is 5.84 Å². The lowest BCUT2D eigenvalue weighted by Crippen LogP contribution is -2.30. The topological polar surface area (TPSA) is 105 Å². The monoisotopic (exact) mass is 266 g/mol. The number of anilines is 2. The molecule has 0 saturated heterocycles. The molecule has 5 N–H and O–H groups in total. The van der Waals surface area contributed by atoms with E-state index in [1.54, 1.807) is 0 Å². The third kappa shape index (κ3) is 4.70. The van der Waals surface area contributed by atoms with Gasteiger partial charge in [0.05, 0.1) is 6.54 Å². The molecule has 1 aromatic heterocycles. The Kier molecular flexibility index (Phi) is 6.59. The van der Waals surface area contributed by atoms with Crippen molar-refractivity contribution in [1.82, 2.24) is 15.3 Å². The van der Waals surface area contributed by atoms with Gasteiger partial charge < -0.3 is 16.1 Å². The second-order valence-electron chi connectivity index (χ2n) is 4.15. The zero-order valence-corrected chi connectivity index (χ0v) is 11.5. The maximum Gasteiger partial charge on any atom is 0.239 e. The first-order chi connectivity index (χ1) is 9.22. The van der Waals surface area contributed by atoms with Crippen LogP contribution >= 0.6 is 0 Å². The molecule has 7 nitrogen and oxygen atoms in total. The molecule has 0 saturated carbocycles. The number of amides is 1. The number of aromatic nitrogens is 2. The first-order valence-corrected chi connectivity index (χ1v) is 6.53. The van der Waals surface area contributed by atoms with Crippen LogP contribution < -0.4 is 21.9 Å². The van der Waals surface area contributed by atoms with E-state index in [9.17, 15) is 4.79 Å². The van der Waals surface area contributed by atoms with Crippen LogP contribution in [0.3, 0.4) is 0 Å². The van der Waals surface area contributed by atoms with Crippen molar-refractivity contribution in [2.75, 3.05) is 23.8 Å². The molecule has 1 amide bonds. The van der Waals surface area contributed by atoms with E-state index in [1.807, 2.05) is 6.92 Å². The Morgan fingerprint density at radius 2 is 2.00 bits per heavy atom. The molecular weight excluding hydrogens is 244 g/mol. The average molecular weight is 266 g/mol. The first-order valence-electron chi connectivity index (χ1n) is 6.53. The zero-order chi connectivity index (χ0) is 14.1. The van der Waals surface area contributed by atoms with E-state index in [0.29, 0.717) is 18.2 Å². The fourth-order valence-corrected chi connectivity index (χ4v) is 1.67. The number of hydrogen-bond donors (Lipinski definition) is 4. The second-order valence-corrected chi connectivity index (χ2v) is 4.15. The molecule has 0 aliphatic carbocycles. The molecule has 0 spiro atoms. The number of carbonyl (C=O) groups is 1. The van der Waals surface area contributed by atoms with Crippen LogP contribution in [0.5, 0.6) is 0 Å². The van der Waals surface area contributed by atoms with Crippen LogP contribution in [0, 0.1) is 0 Å². The minimum Gasteiger partial charge on any atom is -0.361 e. The minimum absolute atomic E-state index is 0.0508. The summed E-state index contributed by atoms with van der Waals surface area (Å²) in [6.07, 6.45) is 4.07. The molecule has 1 rings (SSSR count). The Bertz CT molecular complexity index is 409. The number of carbonyl (C=O) groups excluding carboxylic acids is 1. The van der Waals surface area contributed by atoms with E-state index in [-0.39, 0.29) is 12.5 Å². The Morgan fingerprint density at radius 1 is 1.26 bits per heavy atom. The number of hydrazine groups is 1. The maximum atomic E-state index is 11.5. The summed E-state index contributed by atoms with van der Waals surface area (Å²) >= 11 is 0. The predicted molar refractivity (Wildman–Crippen MR) is 75.6 cm³/mol. The molecular formula is C12H22N6O. The fourth-order valence-electron chi connectivity index (χ4n) is 1.67. The van der Waals surface area contributed by atoms with Crippen LogP contribution in [0.4, 0.5) is 11.6 Å². The quantitative estimate of drug-likeness (QED) is 0.407. The summed E-state index contributed by atoms with van der Waals surface area (Å²) in [4.78, 5) is 19.8. The maximum absolute atomic E-state index is 11.5. The van der Waals surface area contributed by atoms with Gasteiger partial charge in [-0.3, -0.25) is 4.79 Å². The number of nitrogen functional groups attached to an aromatic ring is 1. The highest BCUT2D eigenvalue weighted by molar-refractivity contribution is 5.80. The number of nitrogens with two attached hydrogens (primary N) is 1. The second kappa shape index (κ2) is 8.25. The third-order valence-electron chi connectivity index (χ3n) is 2.57. The SMILES string of the molecule is CCCNC(=O)CNc1ncnc(NN)c1CCC. The summed E-state index contributed by atoms with van der Waals surface area (Å²) < 4.78 is 0. The van der Waals surface area contributed by atoms with Crippen LogP contribution in [0.1, 0.15) is 32.3 Å². The Hall–Kier alpha value is -1.89. The molecule has 106 valence electrons. The van der Waals surface area contributed by atoms with Crippen LogP contribution in [0.15, 0.2) is 6.33 Å². The van der Waals surface area contributed by atoms with Gasteiger partial charge in [0.25, 0.3) is 0 Å². The van der Waals surface area contributed by atoms with Gasteiger partial charge in [-0.15, -0.1) is 0 Å². The Labute approximate surface area is 113 Å². The smallest absolute Gasteiger partial charge is 0.239 e. The van der Waals surface area contributed by atoms with Crippen LogP contribution in [-0.4, -0.2) is 29.0 Å². The van der Waals surface area contributed by atoms with Crippen molar-refractivity contribution in [2.24, 2.45) is 5.84 Å². The zero-order valence-electron chi connectivity index (χ0n) is 11.5. The van der Waals surface area contributed by atoms with E-state index in [2.05, 4.69) is 33.0 Å². The lowest BCUT2D eigenvalue weighted by molar-refractivity contribution is -0.119. The standard InChI is InChI=1S/C12H22N6O/c1-3-5-9-11(16-8-17-12(9)18-13)15-7-10(19)14-6-4-2/h8H,3-7,13H2,1-2H3,(H,14,19)(H2,15,16,17,18). The van der Waals surface area contributed by atoms with Gasteiger partial charge in [0.2, 0.25) is 5.91 Å². The lowest BCUT2D eigenvalue weighted by atomic mass is 10.1. The molecule has 0 radical (unpaired) electrons. The van der Waals surface area contributed by atoms with Gasteiger partial charge in [0.15, 0.2) is 0 Å². The van der Waals surface area contributed by atoms with Gasteiger partial charge in [-0.25, -0.2) is 15.8 Å². The van der Waals surface area contributed by atoms with E-state index in [1.165, 1.54) is 6.33 Å². The normalized spacial score (nSPS) is 10.1. The van der Waals surface area contributed by atoms with Gasteiger partial charge in [-0.1, -0.05) is 20.3 Å². The van der Waals surface area contributed by atoms with Gasteiger partial charge in [-0.2, -0.15) is 0 Å². The minimum atomic E-state index is -0.0508. The number of nitrogens with one attached hydrogen (secondary N) is 3. The molecule has 1 heterocycles. The largest absolute Gasteiger partial charge is 0.361 e. The van der Waals surface area contributed by atoms with Crippen molar-refractivity contribution in [2.45, 2.75) is 33.1 Å². The summed E-state index contributed by atoms with van der Waals surface area (Å²) in [5.74, 6) is 6.61. The highest BCUT2D eigenvalue weighted by Gasteiger charge is 2.10. The molecule has 0 atom stereocenters. The Morgan fingerprint density at radius 3 is 2.63 bits per heavy atom. The molecule has 0 aliphatic heterocycles. The lowest BCUT2D eigenvalue weighted by Gasteiger charge is -2.13. The van der Waals surface area contributed by atoms with Crippen molar-refractivity contribution in [3.05, 3.63) is 11.9 Å². The fraction of sp³-hybridized carbons (Fsp3) is 0.583. The molecule has 0 aliphatic rings. The molecule has 0 bridgehead atoms. The predicted octanol–water partition coefficient (Wildman–Crippen LogP) is 0.653. The highest BCUT2D eigenvalue weighted by Crippen LogP contribution is 2.20. The molecule has 1 aromatic rings. The van der Waals surface area contributed by atoms with Crippen molar-refractivity contribution in [1.29, 1.82) is 0 Å². The number of nitrogens with zero attached hydrogens (tertiary/aromatic N) is 2. The average Bonchev–Trinajstić information content (AvgIpc) is 2.44. The van der Waals surface area contributed by atoms with Gasteiger partial charge >= 0.3 is 0 Å². The summed E-state index contributed by atoms with van der Waals surface area (Å²) in [5.41, 5.74) is 3.45. The van der Waals surface area contributed by atoms with Crippen molar-refractivity contribution in [3.63, 3.8) is 0 Å². The van der Waals surface area contributed by atoms with E-state index < -0.39 is 0 Å². The molecule has 0 aromatic carbocycles. The van der Waals surface area contributed by atoms with Crippen LogP contribution in [0.2, 0.25) is 0 Å². The van der Waals surface area contributed by atoms with Gasteiger partial charge in [0, 0.05) is 12.1 Å². The molecule has 7 heteroatoms. The number of rotatable bonds is 8. The number of hydrogen-bond acceptors (Lipinski definition) is 6. The third-order valence-corrected chi connectivity index (χ3v) is 2.57. The van der Waals surface area contributed by atoms with E-state index in [0.717, 1.165) is 24.8 Å². The van der Waals surface area contributed by atoms with Crippen LogP contribution in [0.25, 0.3) is 0 Å². The highest BCUT2D eigenvalue weighted by atomic mass is 16.1. The van der Waals surface area contributed by atoms with Crippen molar-refractivity contribution in [3.8, 4) is 0 Å². The molecule has 19 heavy (non-hydrogen) atoms. The molecule has 0 unspecified atom stereocenters. The summed E-state index contributed by atoms with van der Waals surface area (Å²) in [6.45, 7) is 4.95. The summed E-state index contributed by atoms with van der Waals surface area (Å²) in [5, 5.41) is 5.82. The Balaban J connectivity index is 2.69. The summed E-state index contributed by atoms with van der Waals surface area (Å²) in [7, 11) is 0. The molecule has 0 fully saturated rings. The van der Waals surface area contributed by atoms with Gasteiger partial charge in [-0.05, 0) is 12.8 Å². The van der Waals surface area contributed by atoms with Crippen molar-refractivity contribution >= 4 is 17.5 Å².